The van der Waals surface area contributed by atoms with Gasteiger partial charge in [0.05, 0.1) is 12.1 Å². The minimum absolute atomic E-state index is 0.139. The van der Waals surface area contributed by atoms with Crippen molar-refractivity contribution in [3.63, 3.8) is 0 Å². The molecule has 1 heterocycles. The Balaban J connectivity index is 1.89. The van der Waals surface area contributed by atoms with Crippen molar-refractivity contribution in [2.45, 2.75) is 24.7 Å². The van der Waals surface area contributed by atoms with Crippen LogP contribution in [0.4, 0.5) is 18.0 Å². The van der Waals surface area contributed by atoms with Gasteiger partial charge in [0.25, 0.3) is 0 Å². The Kier molecular flexibility index (Phi) is 6.14. The Hall–Kier alpha value is -2.58. The van der Waals surface area contributed by atoms with Crippen LogP contribution in [-0.4, -0.2) is 40.8 Å². The fourth-order valence-electron chi connectivity index (χ4n) is 3.22. The Labute approximate surface area is 169 Å². The van der Waals surface area contributed by atoms with Crippen molar-refractivity contribution in [3.8, 4) is 0 Å². The number of alkyl halides is 3. The average Bonchev–Trinajstić information content (AvgIpc) is 3.02. The van der Waals surface area contributed by atoms with E-state index < -0.39 is 36.2 Å². The zero-order valence-electron chi connectivity index (χ0n) is 15.0. The molecule has 2 aromatic carbocycles. The smallest absolute Gasteiger partial charge is 0.417 e. The molecule has 3 atom stereocenters. The second-order valence-electron chi connectivity index (χ2n) is 6.64. The molecule has 2 aromatic rings. The largest absolute Gasteiger partial charge is 0.447 e. The summed E-state index contributed by atoms with van der Waals surface area (Å²) in [6.45, 7) is -0.221. The summed E-state index contributed by atoms with van der Waals surface area (Å²) in [6.07, 6.45) is -8.31. The number of benzene rings is 2. The van der Waals surface area contributed by atoms with E-state index in [2.05, 4.69) is 0 Å². The number of imide groups is 1. The van der Waals surface area contributed by atoms with E-state index in [0.29, 0.717) is 4.90 Å². The molecule has 1 fully saturated rings. The number of halogens is 4. The maximum Gasteiger partial charge on any atom is 0.417 e. The van der Waals surface area contributed by atoms with Crippen molar-refractivity contribution < 1.29 is 32.6 Å². The van der Waals surface area contributed by atoms with E-state index in [1.165, 1.54) is 24.3 Å². The molecule has 29 heavy (non-hydrogen) atoms. The van der Waals surface area contributed by atoms with Crippen LogP contribution in [-0.2, 0) is 16.0 Å². The number of carbonyl (C=O) groups excluding carboxylic acids is 2. The number of nitrogens with zero attached hydrogens (tertiary/aromatic N) is 1. The summed E-state index contributed by atoms with van der Waals surface area (Å²) in [6, 6.07) is 12.8. The predicted molar refractivity (Wildman–Crippen MR) is 98.1 cm³/mol. The third-order valence-corrected chi connectivity index (χ3v) is 4.91. The SMILES string of the molecule is O=C1OC[C@H](Cc2ccccc2)N1C(=O)[C@@H]([C@@H](O)c1ccc(Cl)cc1)C(F)(F)F. The number of carbonyl (C=O) groups is 2. The van der Waals surface area contributed by atoms with Crippen LogP contribution in [0.2, 0.25) is 5.02 Å². The van der Waals surface area contributed by atoms with E-state index in [1.807, 2.05) is 0 Å². The number of cyclic esters (lactones) is 1. The molecular weight excluding hydrogens is 411 g/mol. The Bertz CT molecular complexity index is 874. The summed E-state index contributed by atoms with van der Waals surface area (Å²) in [5, 5.41) is 10.6. The highest BCUT2D eigenvalue weighted by Gasteiger charge is 2.54. The summed E-state index contributed by atoms with van der Waals surface area (Å²) >= 11 is 5.73. The molecule has 0 saturated carbocycles. The Morgan fingerprint density at radius 3 is 2.38 bits per heavy atom. The van der Waals surface area contributed by atoms with Crippen LogP contribution in [0.25, 0.3) is 0 Å². The molecule has 0 unspecified atom stereocenters. The van der Waals surface area contributed by atoms with Gasteiger partial charge in [0.1, 0.15) is 6.61 Å². The molecule has 5 nitrogen and oxygen atoms in total. The van der Waals surface area contributed by atoms with Crippen LogP contribution in [0.5, 0.6) is 0 Å². The van der Waals surface area contributed by atoms with Gasteiger partial charge in [-0.25, -0.2) is 9.69 Å². The molecule has 1 aliphatic rings. The predicted octanol–water partition coefficient (Wildman–Crippen LogP) is 4.14. The molecule has 154 valence electrons. The fraction of sp³-hybridized carbons (Fsp3) is 0.300. The first-order valence-corrected chi connectivity index (χ1v) is 9.10. The third-order valence-electron chi connectivity index (χ3n) is 4.66. The molecule has 1 aliphatic heterocycles. The number of rotatable bonds is 5. The zero-order chi connectivity index (χ0) is 21.2. The molecule has 1 N–H and O–H groups in total. The van der Waals surface area contributed by atoms with Crippen LogP contribution < -0.4 is 0 Å². The van der Waals surface area contributed by atoms with Crippen molar-refractivity contribution in [1.82, 2.24) is 4.90 Å². The number of amides is 2. The molecular formula is C20H17ClF3NO4. The molecule has 0 spiro atoms. The van der Waals surface area contributed by atoms with Gasteiger partial charge < -0.3 is 9.84 Å². The summed E-state index contributed by atoms with van der Waals surface area (Å²) in [4.78, 5) is 25.3. The standard InChI is InChI=1S/C20H17ClF3NO4/c21-14-8-6-13(7-9-14)17(26)16(20(22,23)24)18(27)25-15(11-29-19(25)28)10-12-4-2-1-3-5-12/h1-9,15-17,26H,10-11H2/t15-,16+,17-/m0/s1. The van der Waals surface area contributed by atoms with E-state index >= 15 is 0 Å². The van der Waals surface area contributed by atoms with Gasteiger partial charge in [0.15, 0.2) is 5.92 Å². The van der Waals surface area contributed by atoms with E-state index in [1.54, 1.807) is 30.3 Å². The second kappa shape index (κ2) is 8.42. The summed E-state index contributed by atoms with van der Waals surface area (Å²) in [7, 11) is 0. The van der Waals surface area contributed by atoms with E-state index in [4.69, 9.17) is 16.3 Å². The number of aliphatic hydroxyl groups excluding tert-OH is 1. The van der Waals surface area contributed by atoms with Crippen LogP contribution in [0, 0.1) is 5.92 Å². The number of hydrogen-bond acceptors (Lipinski definition) is 4. The second-order valence-corrected chi connectivity index (χ2v) is 7.08. The van der Waals surface area contributed by atoms with Crippen molar-refractivity contribution in [1.29, 1.82) is 0 Å². The Morgan fingerprint density at radius 2 is 1.79 bits per heavy atom. The fourth-order valence-corrected chi connectivity index (χ4v) is 3.35. The van der Waals surface area contributed by atoms with Crippen LogP contribution >= 0.6 is 11.6 Å². The first kappa shape index (κ1) is 21.1. The van der Waals surface area contributed by atoms with Gasteiger partial charge in [-0.2, -0.15) is 13.2 Å². The van der Waals surface area contributed by atoms with Gasteiger partial charge in [-0.05, 0) is 29.7 Å². The van der Waals surface area contributed by atoms with Crippen LogP contribution in [0.15, 0.2) is 54.6 Å². The number of hydrogen-bond donors (Lipinski definition) is 1. The van der Waals surface area contributed by atoms with Crippen molar-refractivity contribution in [2.24, 2.45) is 5.92 Å². The lowest BCUT2D eigenvalue weighted by molar-refractivity contribution is -0.207. The molecule has 2 amide bonds. The van der Waals surface area contributed by atoms with E-state index in [-0.39, 0.29) is 23.6 Å². The van der Waals surface area contributed by atoms with Gasteiger partial charge >= 0.3 is 12.3 Å². The van der Waals surface area contributed by atoms with Crippen molar-refractivity contribution in [2.75, 3.05) is 6.61 Å². The molecule has 0 radical (unpaired) electrons. The quantitative estimate of drug-likeness (QED) is 0.778. The molecule has 3 rings (SSSR count). The van der Waals surface area contributed by atoms with Gasteiger partial charge in [-0.3, -0.25) is 4.79 Å². The first-order chi connectivity index (χ1) is 13.7. The van der Waals surface area contributed by atoms with Gasteiger partial charge in [-0.15, -0.1) is 0 Å². The summed E-state index contributed by atoms with van der Waals surface area (Å²) in [5.41, 5.74) is 0.590. The summed E-state index contributed by atoms with van der Waals surface area (Å²) in [5.74, 6) is -4.38. The minimum atomic E-state index is -5.09. The molecule has 0 aromatic heterocycles. The van der Waals surface area contributed by atoms with Gasteiger partial charge in [-0.1, -0.05) is 54.1 Å². The highest BCUT2D eigenvalue weighted by Crippen LogP contribution is 2.39. The molecule has 0 bridgehead atoms. The lowest BCUT2D eigenvalue weighted by Crippen LogP contribution is -2.49. The summed E-state index contributed by atoms with van der Waals surface area (Å²) < 4.78 is 46.0. The highest BCUT2D eigenvalue weighted by molar-refractivity contribution is 6.30. The van der Waals surface area contributed by atoms with Crippen LogP contribution in [0.3, 0.4) is 0 Å². The topological polar surface area (TPSA) is 66.8 Å². The van der Waals surface area contributed by atoms with Crippen molar-refractivity contribution >= 4 is 23.6 Å². The Morgan fingerprint density at radius 1 is 1.17 bits per heavy atom. The maximum atomic E-state index is 13.7. The molecule has 0 aliphatic carbocycles. The minimum Gasteiger partial charge on any atom is -0.447 e. The van der Waals surface area contributed by atoms with E-state index in [0.717, 1.165) is 5.56 Å². The monoisotopic (exact) mass is 427 g/mol. The van der Waals surface area contributed by atoms with E-state index in [9.17, 15) is 27.9 Å². The molecule has 9 heteroatoms. The highest BCUT2D eigenvalue weighted by atomic mass is 35.5. The lowest BCUT2D eigenvalue weighted by atomic mass is 9.93. The normalized spacial score (nSPS) is 19.0. The van der Waals surface area contributed by atoms with Crippen molar-refractivity contribution in [3.05, 3.63) is 70.7 Å². The molecule has 1 saturated heterocycles. The zero-order valence-corrected chi connectivity index (χ0v) is 15.7. The third kappa shape index (κ3) is 4.71. The van der Waals surface area contributed by atoms with Crippen LogP contribution in [0.1, 0.15) is 17.2 Å². The average molecular weight is 428 g/mol. The van der Waals surface area contributed by atoms with Gasteiger partial charge in [0, 0.05) is 5.02 Å². The maximum absolute atomic E-state index is 13.7. The number of aliphatic hydroxyl groups is 1. The lowest BCUT2D eigenvalue weighted by Gasteiger charge is -2.29. The first-order valence-electron chi connectivity index (χ1n) is 8.72. The number of ether oxygens (including phenoxy) is 1. The van der Waals surface area contributed by atoms with Gasteiger partial charge in [0.2, 0.25) is 5.91 Å².